The molecule has 0 unspecified atom stereocenters. The normalized spacial score (nSPS) is 10.6. The molecular weight excluding hydrogens is 360 g/mol. The zero-order valence-corrected chi connectivity index (χ0v) is 15.8. The highest BCUT2D eigenvalue weighted by Crippen LogP contribution is 2.23. The number of rotatable bonds is 8. The fourth-order valence-electron chi connectivity index (χ4n) is 2.56. The molecule has 3 aromatic rings. The van der Waals surface area contributed by atoms with Crippen LogP contribution in [0.25, 0.3) is 11.5 Å². The Morgan fingerprint density at radius 3 is 2.89 bits per heavy atom. The molecule has 0 aliphatic carbocycles. The molecule has 1 N–H and O–H groups in total. The third kappa shape index (κ3) is 4.59. The molecule has 0 aliphatic rings. The van der Waals surface area contributed by atoms with Crippen LogP contribution in [-0.2, 0) is 17.8 Å². The number of aryl methyl sites for hydroxylation is 1. The highest BCUT2D eigenvalue weighted by molar-refractivity contribution is 7.99. The zero-order chi connectivity index (χ0) is 19.1. The van der Waals surface area contributed by atoms with Gasteiger partial charge in [-0.3, -0.25) is 14.3 Å². The number of para-hydroxylation sites is 1. The molecule has 1 aromatic carbocycles. The molecule has 1 amide bonds. The van der Waals surface area contributed by atoms with Gasteiger partial charge in [0.25, 0.3) is 0 Å². The Bertz CT molecular complexity index is 925. The number of carbonyl (C=O) groups excluding carboxylic acids is 1. The van der Waals surface area contributed by atoms with Crippen molar-refractivity contribution in [2.24, 2.45) is 0 Å². The standard InChI is InChI=1S/C19H20N6OS/c1-3-11-25-18(16-12-20-9-10-21-16)23-24-19(25)27-13-17(26)22-15-8-6-5-7-14(15)4-2/h3,5-10,12H,1,4,11,13H2,2H3,(H,22,26). The van der Waals surface area contributed by atoms with Crippen LogP contribution >= 0.6 is 11.8 Å². The van der Waals surface area contributed by atoms with E-state index in [-0.39, 0.29) is 11.7 Å². The van der Waals surface area contributed by atoms with Gasteiger partial charge >= 0.3 is 0 Å². The lowest BCUT2D eigenvalue weighted by Crippen LogP contribution is -2.15. The van der Waals surface area contributed by atoms with E-state index in [4.69, 9.17) is 0 Å². The van der Waals surface area contributed by atoms with Gasteiger partial charge in [0.2, 0.25) is 5.91 Å². The van der Waals surface area contributed by atoms with Crippen LogP contribution in [0.3, 0.4) is 0 Å². The number of nitrogens with zero attached hydrogens (tertiary/aromatic N) is 5. The number of benzene rings is 1. The van der Waals surface area contributed by atoms with Gasteiger partial charge in [0.15, 0.2) is 11.0 Å². The Balaban J connectivity index is 1.71. The Morgan fingerprint density at radius 1 is 1.30 bits per heavy atom. The van der Waals surface area contributed by atoms with E-state index >= 15 is 0 Å². The predicted molar refractivity (Wildman–Crippen MR) is 106 cm³/mol. The van der Waals surface area contributed by atoms with E-state index in [9.17, 15) is 4.79 Å². The van der Waals surface area contributed by atoms with Crippen molar-refractivity contribution in [2.45, 2.75) is 25.0 Å². The summed E-state index contributed by atoms with van der Waals surface area (Å²) in [6.45, 7) is 6.36. The molecular formula is C19H20N6OS. The highest BCUT2D eigenvalue weighted by atomic mass is 32.2. The third-order valence-electron chi connectivity index (χ3n) is 3.83. The van der Waals surface area contributed by atoms with Gasteiger partial charge in [-0.2, -0.15) is 0 Å². The average Bonchev–Trinajstić information content (AvgIpc) is 3.10. The number of aromatic nitrogens is 5. The van der Waals surface area contributed by atoms with Gasteiger partial charge < -0.3 is 5.32 Å². The molecule has 0 atom stereocenters. The largest absolute Gasteiger partial charge is 0.325 e. The maximum absolute atomic E-state index is 12.4. The summed E-state index contributed by atoms with van der Waals surface area (Å²) in [6.07, 6.45) is 7.45. The van der Waals surface area contributed by atoms with E-state index in [1.54, 1.807) is 24.7 Å². The number of thioether (sulfide) groups is 1. The molecule has 0 fully saturated rings. The van der Waals surface area contributed by atoms with Crippen LogP contribution in [0.4, 0.5) is 5.69 Å². The second kappa shape index (κ2) is 9.09. The van der Waals surface area contributed by atoms with E-state index in [2.05, 4.69) is 39.0 Å². The summed E-state index contributed by atoms with van der Waals surface area (Å²) in [7, 11) is 0. The van der Waals surface area contributed by atoms with E-state index in [0.29, 0.717) is 23.2 Å². The van der Waals surface area contributed by atoms with Crippen molar-refractivity contribution in [3.8, 4) is 11.5 Å². The van der Waals surface area contributed by atoms with Crippen LogP contribution in [0.15, 0.2) is 60.7 Å². The summed E-state index contributed by atoms with van der Waals surface area (Å²) in [4.78, 5) is 20.7. The minimum Gasteiger partial charge on any atom is -0.325 e. The number of nitrogens with one attached hydrogen (secondary N) is 1. The molecule has 2 aromatic heterocycles. The van der Waals surface area contributed by atoms with Crippen molar-refractivity contribution in [1.29, 1.82) is 0 Å². The van der Waals surface area contributed by atoms with Gasteiger partial charge in [-0.25, -0.2) is 4.98 Å². The highest BCUT2D eigenvalue weighted by Gasteiger charge is 2.16. The second-order valence-corrected chi connectivity index (χ2v) is 6.59. The molecule has 0 saturated carbocycles. The first-order valence-corrected chi connectivity index (χ1v) is 9.52. The zero-order valence-electron chi connectivity index (χ0n) is 15.0. The molecule has 0 spiro atoms. The van der Waals surface area contributed by atoms with Crippen LogP contribution in [0, 0.1) is 0 Å². The van der Waals surface area contributed by atoms with Crippen LogP contribution in [0.1, 0.15) is 12.5 Å². The molecule has 0 radical (unpaired) electrons. The van der Waals surface area contributed by atoms with E-state index in [1.165, 1.54) is 11.8 Å². The lowest BCUT2D eigenvalue weighted by molar-refractivity contribution is -0.113. The van der Waals surface area contributed by atoms with Crippen molar-refractivity contribution < 1.29 is 4.79 Å². The number of anilines is 1. The summed E-state index contributed by atoms with van der Waals surface area (Å²) in [5, 5.41) is 12.0. The fraction of sp³-hybridized carbons (Fsp3) is 0.211. The number of amides is 1. The number of carbonyl (C=O) groups is 1. The first-order chi connectivity index (χ1) is 13.2. The maximum atomic E-state index is 12.4. The van der Waals surface area contributed by atoms with E-state index in [0.717, 1.165) is 17.7 Å². The first-order valence-electron chi connectivity index (χ1n) is 8.54. The van der Waals surface area contributed by atoms with Crippen LogP contribution in [0.5, 0.6) is 0 Å². The van der Waals surface area contributed by atoms with Gasteiger partial charge in [0.05, 0.1) is 11.9 Å². The van der Waals surface area contributed by atoms with Crippen molar-refractivity contribution >= 4 is 23.4 Å². The number of hydrogen-bond donors (Lipinski definition) is 1. The van der Waals surface area contributed by atoms with E-state index in [1.807, 2.05) is 28.8 Å². The Labute approximate surface area is 162 Å². The smallest absolute Gasteiger partial charge is 0.234 e. The molecule has 0 saturated heterocycles. The lowest BCUT2D eigenvalue weighted by atomic mass is 10.1. The second-order valence-electron chi connectivity index (χ2n) is 5.64. The number of allylic oxidation sites excluding steroid dienone is 1. The van der Waals surface area contributed by atoms with E-state index < -0.39 is 0 Å². The average molecular weight is 380 g/mol. The Hall–Kier alpha value is -3.00. The first kappa shape index (κ1) is 18.8. The quantitative estimate of drug-likeness (QED) is 0.477. The molecule has 8 heteroatoms. The lowest BCUT2D eigenvalue weighted by Gasteiger charge is -2.10. The summed E-state index contributed by atoms with van der Waals surface area (Å²) < 4.78 is 1.87. The predicted octanol–water partition coefficient (Wildman–Crippen LogP) is 3.21. The summed E-state index contributed by atoms with van der Waals surface area (Å²) >= 11 is 1.32. The van der Waals surface area contributed by atoms with Crippen molar-refractivity contribution in [2.75, 3.05) is 11.1 Å². The fourth-order valence-corrected chi connectivity index (χ4v) is 3.31. The summed E-state index contributed by atoms with van der Waals surface area (Å²) in [5.41, 5.74) is 2.58. The summed E-state index contributed by atoms with van der Waals surface area (Å²) in [6, 6.07) is 7.80. The molecule has 138 valence electrons. The topological polar surface area (TPSA) is 85.6 Å². The SMILES string of the molecule is C=CCn1c(SCC(=O)Nc2ccccc2CC)nnc1-c1cnccn1. The van der Waals surface area contributed by atoms with Gasteiger partial charge in [-0.05, 0) is 18.1 Å². The molecule has 27 heavy (non-hydrogen) atoms. The van der Waals surface area contributed by atoms with Gasteiger partial charge in [-0.15, -0.1) is 16.8 Å². The maximum Gasteiger partial charge on any atom is 0.234 e. The Morgan fingerprint density at radius 2 is 2.15 bits per heavy atom. The molecule has 3 rings (SSSR count). The van der Waals surface area contributed by atoms with Gasteiger partial charge in [0.1, 0.15) is 5.69 Å². The van der Waals surface area contributed by atoms with Crippen molar-refractivity contribution in [3.63, 3.8) is 0 Å². The van der Waals surface area contributed by atoms with Crippen molar-refractivity contribution in [3.05, 3.63) is 61.1 Å². The monoisotopic (exact) mass is 380 g/mol. The van der Waals surface area contributed by atoms with Crippen LogP contribution < -0.4 is 5.32 Å². The minimum atomic E-state index is -0.0879. The molecule has 0 aliphatic heterocycles. The van der Waals surface area contributed by atoms with Crippen LogP contribution in [0.2, 0.25) is 0 Å². The van der Waals surface area contributed by atoms with Gasteiger partial charge in [-0.1, -0.05) is 43.0 Å². The molecule has 7 nitrogen and oxygen atoms in total. The third-order valence-corrected chi connectivity index (χ3v) is 4.79. The van der Waals surface area contributed by atoms with Gasteiger partial charge in [0, 0.05) is 24.6 Å². The number of hydrogen-bond acceptors (Lipinski definition) is 6. The molecule has 0 bridgehead atoms. The minimum absolute atomic E-state index is 0.0879. The Kier molecular flexibility index (Phi) is 6.32. The van der Waals surface area contributed by atoms with Crippen LogP contribution in [-0.4, -0.2) is 36.4 Å². The summed E-state index contributed by atoms with van der Waals surface area (Å²) in [5.74, 6) is 0.741. The molecule has 2 heterocycles. The van der Waals surface area contributed by atoms with Crippen molar-refractivity contribution in [1.82, 2.24) is 24.7 Å².